The molecule has 0 aliphatic carbocycles. The van der Waals surface area contributed by atoms with Gasteiger partial charge in [-0.05, 0) is 27.2 Å². The molecule has 1 aliphatic heterocycles. The number of hydrogen-bond acceptors (Lipinski definition) is 3. The predicted molar refractivity (Wildman–Crippen MR) is 73.1 cm³/mol. The number of fused-ring (bicyclic) bond motifs is 1. The van der Waals surface area contributed by atoms with Gasteiger partial charge in [-0.15, -0.1) is 11.6 Å². The van der Waals surface area contributed by atoms with Crippen molar-refractivity contribution in [2.45, 2.75) is 45.2 Å². The smallest absolute Gasteiger partial charge is 0.410 e. The number of ether oxygens (including phenoxy) is 1. The van der Waals surface area contributed by atoms with Crippen molar-refractivity contribution in [2.24, 2.45) is 7.05 Å². The molecule has 2 heterocycles. The molecule has 1 aromatic heterocycles. The summed E-state index contributed by atoms with van der Waals surface area (Å²) < 4.78 is 7.21. The summed E-state index contributed by atoms with van der Waals surface area (Å²) in [5, 5.41) is 4.39. The van der Waals surface area contributed by atoms with E-state index >= 15 is 0 Å². The number of alkyl halides is 1. The molecule has 1 aliphatic rings. The molecule has 0 aromatic carbocycles. The Bertz CT molecular complexity index is 491. The van der Waals surface area contributed by atoms with E-state index in [-0.39, 0.29) is 6.09 Å². The zero-order chi connectivity index (χ0) is 14.2. The van der Waals surface area contributed by atoms with E-state index in [9.17, 15) is 4.79 Å². The maximum absolute atomic E-state index is 12.1. The number of carbonyl (C=O) groups excluding carboxylic acids is 1. The highest BCUT2D eigenvalue weighted by molar-refractivity contribution is 6.17. The summed E-state index contributed by atoms with van der Waals surface area (Å²) in [7, 11) is 1.88. The summed E-state index contributed by atoms with van der Waals surface area (Å²) >= 11 is 5.88. The highest BCUT2D eigenvalue weighted by atomic mass is 35.5. The molecule has 0 N–H and O–H groups in total. The number of halogens is 1. The van der Waals surface area contributed by atoms with Gasteiger partial charge in [0.25, 0.3) is 0 Å². The van der Waals surface area contributed by atoms with Gasteiger partial charge in [0.15, 0.2) is 0 Å². The van der Waals surface area contributed by atoms with Crippen LogP contribution in [0.4, 0.5) is 4.79 Å². The van der Waals surface area contributed by atoms with Gasteiger partial charge in [-0.25, -0.2) is 4.79 Å². The van der Waals surface area contributed by atoms with Crippen LogP contribution in [0.1, 0.15) is 37.7 Å². The lowest BCUT2D eigenvalue weighted by atomic mass is 10.1. The minimum atomic E-state index is -0.467. The first-order valence-electron chi connectivity index (χ1n) is 6.39. The Kier molecular flexibility index (Phi) is 3.76. The zero-order valence-electron chi connectivity index (χ0n) is 11.9. The van der Waals surface area contributed by atoms with Crippen molar-refractivity contribution >= 4 is 17.7 Å². The van der Waals surface area contributed by atoms with Crippen LogP contribution in [0, 0.1) is 0 Å². The van der Waals surface area contributed by atoms with Crippen molar-refractivity contribution in [2.75, 3.05) is 6.54 Å². The average molecular weight is 286 g/mol. The van der Waals surface area contributed by atoms with Crippen molar-refractivity contribution < 1.29 is 9.53 Å². The lowest BCUT2D eigenvalue weighted by molar-refractivity contribution is 0.0219. The summed E-state index contributed by atoms with van der Waals surface area (Å²) in [6.45, 7) is 6.80. The van der Waals surface area contributed by atoms with Gasteiger partial charge in [-0.2, -0.15) is 5.10 Å². The molecule has 0 saturated carbocycles. The lowest BCUT2D eigenvalue weighted by Crippen LogP contribution is -2.40. The molecule has 19 heavy (non-hydrogen) atoms. The van der Waals surface area contributed by atoms with Gasteiger partial charge in [0.2, 0.25) is 0 Å². The molecule has 0 saturated heterocycles. The second kappa shape index (κ2) is 5.04. The molecule has 0 unspecified atom stereocenters. The summed E-state index contributed by atoms with van der Waals surface area (Å²) in [5.74, 6) is 0.412. The topological polar surface area (TPSA) is 47.4 Å². The van der Waals surface area contributed by atoms with E-state index in [2.05, 4.69) is 5.10 Å². The maximum Gasteiger partial charge on any atom is 0.410 e. The SMILES string of the molecule is Cn1nc(CCl)c2c1CN(C(=O)OC(C)(C)C)CC2. The highest BCUT2D eigenvalue weighted by Gasteiger charge is 2.29. The highest BCUT2D eigenvalue weighted by Crippen LogP contribution is 2.24. The molecular weight excluding hydrogens is 266 g/mol. The van der Waals surface area contributed by atoms with E-state index in [1.54, 1.807) is 4.90 Å². The van der Waals surface area contributed by atoms with Crippen LogP contribution in [0.25, 0.3) is 0 Å². The van der Waals surface area contributed by atoms with Crippen molar-refractivity contribution in [3.63, 3.8) is 0 Å². The van der Waals surface area contributed by atoms with Gasteiger partial charge in [-0.1, -0.05) is 0 Å². The van der Waals surface area contributed by atoms with Gasteiger partial charge in [0.05, 0.1) is 23.8 Å². The standard InChI is InChI=1S/C13H20ClN3O2/c1-13(2,3)19-12(18)17-6-5-9-10(7-14)15-16(4)11(9)8-17/h5-8H2,1-4H3. The van der Waals surface area contributed by atoms with Crippen LogP contribution in [0.3, 0.4) is 0 Å². The second-order valence-electron chi connectivity index (χ2n) is 5.78. The fourth-order valence-electron chi connectivity index (χ4n) is 2.25. The quantitative estimate of drug-likeness (QED) is 0.745. The van der Waals surface area contributed by atoms with Crippen LogP contribution < -0.4 is 0 Å². The van der Waals surface area contributed by atoms with Gasteiger partial charge in [0.1, 0.15) is 5.60 Å². The molecule has 1 aromatic rings. The van der Waals surface area contributed by atoms with Crippen LogP contribution in [0.2, 0.25) is 0 Å². The Balaban J connectivity index is 2.14. The first-order valence-corrected chi connectivity index (χ1v) is 6.93. The molecule has 5 nitrogen and oxygen atoms in total. The van der Waals surface area contributed by atoms with Crippen molar-refractivity contribution in [1.29, 1.82) is 0 Å². The van der Waals surface area contributed by atoms with Crippen LogP contribution in [0.15, 0.2) is 0 Å². The molecule has 2 rings (SSSR count). The molecule has 0 radical (unpaired) electrons. The molecule has 0 fully saturated rings. The van der Waals surface area contributed by atoms with E-state index in [1.807, 2.05) is 32.5 Å². The fraction of sp³-hybridized carbons (Fsp3) is 0.692. The van der Waals surface area contributed by atoms with E-state index in [1.165, 1.54) is 5.56 Å². The lowest BCUT2D eigenvalue weighted by Gasteiger charge is -2.30. The predicted octanol–water partition coefficient (Wildman–Crippen LogP) is 2.45. The van der Waals surface area contributed by atoms with E-state index in [0.717, 1.165) is 17.8 Å². The summed E-state index contributed by atoms with van der Waals surface area (Å²) in [6.07, 6.45) is 0.511. The fourth-order valence-corrected chi connectivity index (χ4v) is 2.46. The van der Waals surface area contributed by atoms with Gasteiger partial charge in [0, 0.05) is 19.2 Å². The van der Waals surface area contributed by atoms with E-state index < -0.39 is 5.60 Å². The summed E-state index contributed by atoms with van der Waals surface area (Å²) in [6, 6.07) is 0. The molecule has 6 heteroatoms. The van der Waals surface area contributed by atoms with Crippen LogP contribution in [-0.4, -0.2) is 32.9 Å². The Morgan fingerprint density at radius 1 is 1.47 bits per heavy atom. The first-order chi connectivity index (χ1) is 8.81. The molecule has 0 atom stereocenters. The minimum Gasteiger partial charge on any atom is -0.444 e. The number of amides is 1. The third-order valence-electron chi connectivity index (χ3n) is 3.11. The summed E-state index contributed by atoms with van der Waals surface area (Å²) in [5.41, 5.74) is 2.68. The number of hydrogen-bond donors (Lipinski definition) is 0. The number of aryl methyl sites for hydroxylation is 1. The third kappa shape index (κ3) is 3.03. The maximum atomic E-state index is 12.1. The largest absolute Gasteiger partial charge is 0.444 e. The Morgan fingerprint density at radius 2 is 2.16 bits per heavy atom. The number of nitrogens with zero attached hydrogens (tertiary/aromatic N) is 3. The van der Waals surface area contributed by atoms with E-state index in [0.29, 0.717) is 19.0 Å². The Morgan fingerprint density at radius 3 is 2.74 bits per heavy atom. The third-order valence-corrected chi connectivity index (χ3v) is 3.36. The van der Waals surface area contributed by atoms with Crippen molar-refractivity contribution in [3.05, 3.63) is 17.0 Å². The van der Waals surface area contributed by atoms with Crippen LogP contribution >= 0.6 is 11.6 Å². The van der Waals surface area contributed by atoms with Crippen molar-refractivity contribution in [3.8, 4) is 0 Å². The monoisotopic (exact) mass is 285 g/mol. The van der Waals surface area contributed by atoms with Crippen LogP contribution in [-0.2, 0) is 30.6 Å². The number of aromatic nitrogens is 2. The van der Waals surface area contributed by atoms with Crippen molar-refractivity contribution in [1.82, 2.24) is 14.7 Å². The van der Waals surface area contributed by atoms with Gasteiger partial charge < -0.3 is 9.64 Å². The minimum absolute atomic E-state index is 0.272. The molecule has 1 amide bonds. The number of carbonyl (C=O) groups is 1. The van der Waals surface area contributed by atoms with Crippen LogP contribution in [0.5, 0.6) is 0 Å². The first kappa shape index (κ1) is 14.2. The van der Waals surface area contributed by atoms with Gasteiger partial charge in [-0.3, -0.25) is 4.68 Å². The Hall–Kier alpha value is -1.23. The molecule has 0 bridgehead atoms. The van der Waals surface area contributed by atoms with Gasteiger partial charge >= 0.3 is 6.09 Å². The molecular formula is C13H20ClN3O2. The molecule has 106 valence electrons. The zero-order valence-corrected chi connectivity index (χ0v) is 12.6. The average Bonchev–Trinajstić information content (AvgIpc) is 2.63. The summed E-state index contributed by atoms with van der Waals surface area (Å²) in [4.78, 5) is 13.8. The van der Waals surface area contributed by atoms with E-state index in [4.69, 9.17) is 16.3 Å². The second-order valence-corrected chi connectivity index (χ2v) is 6.05. The number of rotatable bonds is 1. The molecule has 0 spiro atoms. The Labute approximate surface area is 118 Å². The normalized spacial score (nSPS) is 15.3.